The van der Waals surface area contributed by atoms with Crippen molar-refractivity contribution >= 4 is 16.7 Å². The fourth-order valence-corrected chi connectivity index (χ4v) is 1.95. The number of halogens is 3. The highest BCUT2D eigenvalue weighted by Crippen LogP contribution is 2.27. The van der Waals surface area contributed by atoms with Gasteiger partial charge in [-0.2, -0.15) is 0 Å². The van der Waals surface area contributed by atoms with Gasteiger partial charge in [0.05, 0.1) is 0 Å². The molecule has 5 heteroatoms. The Kier molecular flexibility index (Phi) is 3.41. The van der Waals surface area contributed by atoms with E-state index in [9.17, 15) is 13.2 Å². The molecule has 0 spiro atoms. The lowest BCUT2D eigenvalue weighted by Gasteiger charge is -2.10. The maximum absolute atomic E-state index is 13.6. The van der Waals surface area contributed by atoms with Crippen LogP contribution in [-0.2, 0) is 6.42 Å². The highest BCUT2D eigenvalue weighted by atomic mass is 19.2. The average molecular weight is 254 g/mol. The monoisotopic (exact) mass is 254 g/mol. The number of hydrogen-bond acceptors (Lipinski definition) is 2. The molecule has 2 nitrogen and oxygen atoms in total. The van der Waals surface area contributed by atoms with E-state index in [1.807, 2.05) is 6.92 Å². The molecule has 0 bridgehead atoms. The van der Waals surface area contributed by atoms with Gasteiger partial charge in [-0.1, -0.05) is 13.3 Å². The van der Waals surface area contributed by atoms with Gasteiger partial charge in [0.25, 0.3) is 0 Å². The third kappa shape index (κ3) is 2.00. The van der Waals surface area contributed by atoms with Crippen molar-refractivity contribution in [1.82, 2.24) is 4.98 Å². The number of nitrogens with zero attached hydrogens (tertiary/aromatic N) is 1. The standard InChI is InChI=1S/C13H13F3N2/c1-3-4-7-5-8-9(14)6-10(15)11(16)12(8)18-13(7)17-2/h5-6H,3-4H2,1-2H3,(H,17,18). The zero-order chi connectivity index (χ0) is 13.3. The Hall–Kier alpha value is -1.78. The Morgan fingerprint density at radius 3 is 2.50 bits per heavy atom. The van der Waals surface area contributed by atoms with E-state index in [-0.39, 0.29) is 10.9 Å². The SMILES string of the molecule is CCCc1cc2c(F)cc(F)c(F)c2nc1NC. The summed E-state index contributed by atoms with van der Waals surface area (Å²) in [5.74, 6) is -2.69. The average Bonchev–Trinajstić information content (AvgIpc) is 2.36. The van der Waals surface area contributed by atoms with Crippen LogP contribution < -0.4 is 5.32 Å². The molecule has 0 unspecified atom stereocenters. The lowest BCUT2D eigenvalue weighted by atomic mass is 10.1. The first-order valence-corrected chi connectivity index (χ1v) is 5.73. The van der Waals surface area contributed by atoms with Crippen molar-refractivity contribution in [3.63, 3.8) is 0 Å². The second kappa shape index (κ2) is 4.84. The first kappa shape index (κ1) is 12.7. The molecular weight excluding hydrogens is 241 g/mol. The van der Waals surface area contributed by atoms with Crippen LogP contribution in [0.1, 0.15) is 18.9 Å². The summed E-state index contributed by atoms with van der Waals surface area (Å²) in [6, 6.07) is 2.07. The van der Waals surface area contributed by atoms with Crippen molar-refractivity contribution < 1.29 is 13.2 Å². The van der Waals surface area contributed by atoms with Crippen LogP contribution >= 0.6 is 0 Å². The van der Waals surface area contributed by atoms with Crippen molar-refractivity contribution in [2.75, 3.05) is 12.4 Å². The minimum Gasteiger partial charge on any atom is -0.373 e. The molecule has 0 aliphatic rings. The Balaban J connectivity index is 2.78. The maximum atomic E-state index is 13.6. The fourth-order valence-electron chi connectivity index (χ4n) is 1.95. The first-order valence-electron chi connectivity index (χ1n) is 5.73. The minimum absolute atomic E-state index is 0.0105. The molecule has 1 heterocycles. The fraction of sp³-hybridized carbons (Fsp3) is 0.308. The molecule has 2 aromatic rings. The number of fused-ring (bicyclic) bond motifs is 1. The van der Waals surface area contributed by atoms with E-state index < -0.39 is 17.5 Å². The van der Waals surface area contributed by atoms with Crippen LogP contribution in [0.2, 0.25) is 0 Å². The molecule has 0 aliphatic carbocycles. The molecular formula is C13H13F3N2. The van der Waals surface area contributed by atoms with E-state index >= 15 is 0 Å². The van der Waals surface area contributed by atoms with Crippen molar-refractivity contribution in [3.8, 4) is 0 Å². The molecule has 1 N–H and O–H groups in total. The van der Waals surface area contributed by atoms with E-state index in [4.69, 9.17) is 0 Å². The number of nitrogens with one attached hydrogen (secondary N) is 1. The summed E-state index contributed by atoms with van der Waals surface area (Å²) in [4.78, 5) is 3.97. The molecule has 0 atom stereocenters. The number of aryl methyl sites for hydroxylation is 1. The van der Waals surface area contributed by atoms with E-state index in [0.29, 0.717) is 18.3 Å². The molecule has 0 saturated carbocycles. The molecule has 1 aromatic heterocycles. The van der Waals surface area contributed by atoms with Gasteiger partial charge >= 0.3 is 0 Å². The number of rotatable bonds is 3. The zero-order valence-electron chi connectivity index (χ0n) is 10.2. The summed E-state index contributed by atoms with van der Waals surface area (Å²) in [7, 11) is 1.64. The molecule has 0 fully saturated rings. The van der Waals surface area contributed by atoms with Gasteiger partial charge in [0.1, 0.15) is 17.2 Å². The summed E-state index contributed by atoms with van der Waals surface area (Å²) < 4.78 is 40.3. The van der Waals surface area contributed by atoms with Crippen LogP contribution in [0.3, 0.4) is 0 Å². The van der Waals surface area contributed by atoms with Crippen LogP contribution in [0.5, 0.6) is 0 Å². The zero-order valence-corrected chi connectivity index (χ0v) is 10.2. The molecule has 0 saturated heterocycles. The quantitative estimate of drug-likeness (QED) is 0.846. The van der Waals surface area contributed by atoms with Gasteiger partial charge in [-0.25, -0.2) is 18.2 Å². The van der Waals surface area contributed by atoms with Crippen molar-refractivity contribution in [3.05, 3.63) is 35.1 Å². The number of anilines is 1. The predicted octanol–water partition coefficient (Wildman–Crippen LogP) is 3.65. The molecule has 0 amide bonds. The molecule has 2 rings (SSSR count). The van der Waals surface area contributed by atoms with Crippen molar-refractivity contribution in [1.29, 1.82) is 0 Å². The first-order chi connectivity index (χ1) is 8.58. The van der Waals surface area contributed by atoms with Crippen LogP contribution in [-0.4, -0.2) is 12.0 Å². The van der Waals surface area contributed by atoms with Gasteiger partial charge in [-0.15, -0.1) is 0 Å². The smallest absolute Gasteiger partial charge is 0.185 e. The van der Waals surface area contributed by atoms with E-state index in [0.717, 1.165) is 12.0 Å². The lowest BCUT2D eigenvalue weighted by molar-refractivity contribution is 0.504. The predicted molar refractivity (Wildman–Crippen MR) is 65.2 cm³/mol. The Morgan fingerprint density at radius 2 is 1.89 bits per heavy atom. The normalized spacial score (nSPS) is 10.9. The van der Waals surface area contributed by atoms with E-state index in [1.54, 1.807) is 7.05 Å². The second-order valence-corrected chi connectivity index (χ2v) is 4.05. The molecule has 18 heavy (non-hydrogen) atoms. The Bertz CT molecular complexity index is 597. The molecule has 0 aliphatic heterocycles. The van der Waals surface area contributed by atoms with Crippen LogP contribution in [0.15, 0.2) is 12.1 Å². The number of hydrogen-bond donors (Lipinski definition) is 1. The number of benzene rings is 1. The van der Waals surface area contributed by atoms with Gasteiger partial charge in [0, 0.05) is 18.5 Å². The van der Waals surface area contributed by atoms with Crippen LogP contribution in [0.25, 0.3) is 10.9 Å². The Labute approximate surface area is 103 Å². The van der Waals surface area contributed by atoms with Crippen LogP contribution in [0.4, 0.5) is 19.0 Å². The highest BCUT2D eigenvalue weighted by Gasteiger charge is 2.16. The van der Waals surface area contributed by atoms with Gasteiger partial charge in [0.2, 0.25) is 0 Å². The summed E-state index contributed by atoms with van der Waals surface area (Å²) >= 11 is 0. The summed E-state index contributed by atoms with van der Waals surface area (Å²) in [6.07, 6.45) is 1.55. The largest absolute Gasteiger partial charge is 0.373 e. The summed E-state index contributed by atoms with van der Waals surface area (Å²) in [5.41, 5.74) is 0.508. The van der Waals surface area contributed by atoms with Crippen molar-refractivity contribution in [2.45, 2.75) is 19.8 Å². The van der Waals surface area contributed by atoms with Crippen molar-refractivity contribution in [2.24, 2.45) is 0 Å². The van der Waals surface area contributed by atoms with Crippen LogP contribution in [0, 0.1) is 17.5 Å². The minimum atomic E-state index is -1.22. The maximum Gasteiger partial charge on any atom is 0.185 e. The topological polar surface area (TPSA) is 24.9 Å². The molecule has 0 radical (unpaired) electrons. The second-order valence-electron chi connectivity index (χ2n) is 4.05. The number of aromatic nitrogens is 1. The lowest BCUT2D eigenvalue weighted by Crippen LogP contribution is -2.02. The van der Waals surface area contributed by atoms with E-state index in [1.165, 1.54) is 6.07 Å². The van der Waals surface area contributed by atoms with Gasteiger partial charge in [-0.05, 0) is 18.1 Å². The summed E-state index contributed by atoms with van der Waals surface area (Å²) in [5, 5.41) is 2.83. The molecule has 96 valence electrons. The van der Waals surface area contributed by atoms with E-state index in [2.05, 4.69) is 10.3 Å². The third-order valence-corrected chi connectivity index (χ3v) is 2.79. The van der Waals surface area contributed by atoms with Gasteiger partial charge < -0.3 is 5.32 Å². The summed E-state index contributed by atoms with van der Waals surface area (Å²) in [6.45, 7) is 1.98. The van der Waals surface area contributed by atoms with Gasteiger partial charge in [-0.3, -0.25) is 0 Å². The highest BCUT2D eigenvalue weighted by molar-refractivity contribution is 5.83. The Morgan fingerprint density at radius 1 is 1.17 bits per heavy atom. The van der Waals surface area contributed by atoms with Gasteiger partial charge in [0.15, 0.2) is 11.6 Å². The third-order valence-electron chi connectivity index (χ3n) is 2.79. The molecule has 1 aromatic carbocycles. The number of pyridine rings is 1.